The maximum atomic E-state index is 10.9. The summed E-state index contributed by atoms with van der Waals surface area (Å²) < 4.78 is 0. The van der Waals surface area contributed by atoms with E-state index in [1.807, 2.05) is 12.1 Å². The third kappa shape index (κ3) is 2.97. The zero-order chi connectivity index (χ0) is 13.8. The first-order valence-electron chi connectivity index (χ1n) is 5.68. The maximum absolute atomic E-state index is 10.9. The summed E-state index contributed by atoms with van der Waals surface area (Å²) in [5.41, 5.74) is 5.20. The Morgan fingerprint density at radius 1 is 1.42 bits per heavy atom. The Bertz CT molecular complexity index is 599. The summed E-state index contributed by atoms with van der Waals surface area (Å²) in [6.07, 6.45) is 2.18. The van der Waals surface area contributed by atoms with Gasteiger partial charge in [-0.3, -0.25) is 10.1 Å². The molecule has 8 heteroatoms. The highest BCUT2D eigenvalue weighted by atomic mass is 32.1. The van der Waals surface area contributed by atoms with Gasteiger partial charge in [-0.1, -0.05) is 6.92 Å². The Hall–Kier alpha value is -2.22. The molecule has 0 bridgehead atoms. The molecule has 0 spiro atoms. The van der Waals surface area contributed by atoms with Gasteiger partial charge in [-0.2, -0.15) is 0 Å². The SMILES string of the molecule is CCc1ccc(CNc2ncnc(N)c2[N+](=O)[O-])s1. The van der Waals surface area contributed by atoms with Crippen molar-refractivity contribution in [2.75, 3.05) is 11.1 Å². The van der Waals surface area contributed by atoms with E-state index in [2.05, 4.69) is 22.2 Å². The normalized spacial score (nSPS) is 10.4. The smallest absolute Gasteiger partial charge is 0.352 e. The average Bonchev–Trinajstić information content (AvgIpc) is 2.83. The van der Waals surface area contributed by atoms with Gasteiger partial charge in [-0.05, 0) is 18.6 Å². The first-order chi connectivity index (χ1) is 9.11. The van der Waals surface area contributed by atoms with Crippen LogP contribution in [0.5, 0.6) is 0 Å². The monoisotopic (exact) mass is 279 g/mol. The van der Waals surface area contributed by atoms with Crippen LogP contribution in [0.3, 0.4) is 0 Å². The molecule has 2 rings (SSSR count). The largest absolute Gasteiger partial charge is 0.378 e. The molecule has 0 amide bonds. The van der Waals surface area contributed by atoms with Gasteiger partial charge < -0.3 is 11.1 Å². The lowest BCUT2D eigenvalue weighted by Gasteiger charge is -2.05. The van der Waals surface area contributed by atoms with Gasteiger partial charge in [0.05, 0.1) is 11.5 Å². The average molecular weight is 279 g/mol. The van der Waals surface area contributed by atoms with Crippen molar-refractivity contribution in [3.05, 3.63) is 38.3 Å². The van der Waals surface area contributed by atoms with Gasteiger partial charge in [0.2, 0.25) is 11.6 Å². The molecule has 0 saturated carbocycles. The zero-order valence-corrected chi connectivity index (χ0v) is 11.1. The molecule has 7 nitrogen and oxygen atoms in total. The van der Waals surface area contributed by atoms with E-state index in [0.29, 0.717) is 6.54 Å². The molecule has 2 heterocycles. The van der Waals surface area contributed by atoms with E-state index >= 15 is 0 Å². The minimum absolute atomic E-state index is 0.136. The fourth-order valence-corrected chi connectivity index (χ4v) is 2.48. The Balaban J connectivity index is 2.15. The van der Waals surface area contributed by atoms with E-state index < -0.39 is 4.92 Å². The number of aryl methyl sites for hydroxylation is 1. The molecule has 0 atom stereocenters. The number of thiophene rings is 1. The zero-order valence-electron chi connectivity index (χ0n) is 10.3. The second-order valence-corrected chi connectivity index (χ2v) is 5.04. The van der Waals surface area contributed by atoms with Crippen LogP contribution in [0.15, 0.2) is 18.5 Å². The van der Waals surface area contributed by atoms with Crippen LogP contribution in [0, 0.1) is 10.1 Å². The number of nitrogens with zero attached hydrogens (tertiary/aromatic N) is 3. The van der Waals surface area contributed by atoms with Crippen molar-refractivity contribution in [1.82, 2.24) is 9.97 Å². The van der Waals surface area contributed by atoms with Crippen LogP contribution in [-0.2, 0) is 13.0 Å². The lowest BCUT2D eigenvalue weighted by Crippen LogP contribution is -2.07. The molecule has 0 aliphatic rings. The van der Waals surface area contributed by atoms with Crippen molar-refractivity contribution in [1.29, 1.82) is 0 Å². The molecule has 0 fully saturated rings. The van der Waals surface area contributed by atoms with Crippen molar-refractivity contribution >= 4 is 28.7 Å². The predicted octanol–water partition coefficient (Wildman–Crippen LogP) is 2.20. The highest BCUT2D eigenvalue weighted by Crippen LogP contribution is 2.27. The summed E-state index contributed by atoms with van der Waals surface area (Å²) in [6.45, 7) is 2.56. The van der Waals surface area contributed by atoms with Crippen LogP contribution >= 0.6 is 11.3 Å². The van der Waals surface area contributed by atoms with E-state index in [9.17, 15) is 10.1 Å². The van der Waals surface area contributed by atoms with Crippen LogP contribution in [-0.4, -0.2) is 14.9 Å². The standard InChI is InChI=1S/C11H13N5O2S/c1-2-7-3-4-8(19-7)5-13-11-9(16(17)18)10(12)14-6-15-11/h3-4,6H,2,5H2,1H3,(H3,12,13,14,15). The first kappa shape index (κ1) is 13.2. The Labute approximate surface area is 113 Å². The van der Waals surface area contributed by atoms with Crippen molar-refractivity contribution in [2.24, 2.45) is 0 Å². The molecule has 2 aromatic heterocycles. The Morgan fingerprint density at radius 2 is 2.16 bits per heavy atom. The predicted molar refractivity (Wildman–Crippen MR) is 74.1 cm³/mol. The van der Waals surface area contributed by atoms with Crippen molar-refractivity contribution in [2.45, 2.75) is 19.9 Å². The molecule has 0 radical (unpaired) electrons. The lowest BCUT2D eigenvalue weighted by molar-refractivity contribution is -0.383. The van der Waals surface area contributed by atoms with Crippen LogP contribution in [0.2, 0.25) is 0 Å². The molecule has 100 valence electrons. The topological polar surface area (TPSA) is 107 Å². The summed E-state index contributed by atoms with van der Waals surface area (Å²) >= 11 is 1.66. The van der Waals surface area contributed by atoms with Crippen LogP contribution in [0.25, 0.3) is 0 Å². The Kier molecular flexibility index (Phi) is 3.91. The van der Waals surface area contributed by atoms with E-state index in [1.54, 1.807) is 11.3 Å². The summed E-state index contributed by atoms with van der Waals surface area (Å²) in [5, 5.41) is 13.8. The molecule has 19 heavy (non-hydrogen) atoms. The van der Waals surface area contributed by atoms with Gasteiger partial charge in [-0.25, -0.2) is 9.97 Å². The minimum Gasteiger partial charge on any atom is -0.378 e. The second-order valence-electron chi connectivity index (χ2n) is 3.79. The number of hydrogen-bond acceptors (Lipinski definition) is 7. The third-order valence-corrected chi connectivity index (χ3v) is 3.76. The summed E-state index contributed by atoms with van der Waals surface area (Å²) in [5.74, 6) is 0.00637. The van der Waals surface area contributed by atoms with Crippen LogP contribution in [0.1, 0.15) is 16.7 Å². The number of nitrogens with two attached hydrogens (primary N) is 1. The molecule has 2 aromatic rings. The van der Waals surface area contributed by atoms with Gasteiger partial charge in [-0.15, -0.1) is 11.3 Å². The number of hydrogen-bond donors (Lipinski definition) is 2. The van der Waals surface area contributed by atoms with Gasteiger partial charge >= 0.3 is 5.69 Å². The number of rotatable bonds is 5. The Morgan fingerprint density at radius 3 is 2.79 bits per heavy atom. The molecule has 0 unspecified atom stereocenters. The molecule has 3 N–H and O–H groups in total. The lowest BCUT2D eigenvalue weighted by atomic mass is 10.3. The number of nitrogen functional groups attached to an aromatic ring is 1. The third-order valence-electron chi connectivity index (χ3n) is 2.53. The van der Waals surface area contributed by atoms with E-state index in [4.69, 9.17) is 5.73 Å². The number of nitrogens with one attached hydrogen (secondary N) is 1. The van der Waals surface area contributed by atoms with Crippen molar-refractivity contribution < 1.29 is 4.92 Å². The maximum Gasteiger partial charge on any atom is 0.352 e. The van der Waals surface area contributed by atoms with E-state index in [1.165, 1.54) is 11.2 Å². The van der Waals surface area contributed by atoms with Crippen molar-refractivity contribution in [3.63, 3.8) is 0 Å². The van der Waals surface area contributed by atoms with E-state index in [0.717, 1.165) is 11.3 Å². The molecular formula is C11H13N5O2S. The summed E-state index contributed by atoms with van der Waals surface area (Å²) in [4.78, 5) is 20.2. The molecule has 0 aromatic carbocycles. The molecular weight excluding hydrogens is 266 g/mol. The quantitative estimate of drug-likeness (QED) is 0.641. The van der Waals surface area contributed by atoms with E-state index in [-0.39, 0.29) is 17.3 Å². The highest BCUT2D eigenvalue weighted by Gasteiger charge is 2.20. The first-order valence-corrected chi connectivity index (χ1v) is 6.49. The van der Waals surface area contributed by atoms with Gasteiger partial charge in [0, 0.05) is 9.75 Å². The molecule has 0 aliphatic carbocycles. The number of nitro groups is 1. The van der Waals surface area contributed by atoms with Gasteiger partial charge in [0.15, 0.2) is 0 Å². The highest BCUT2D eigenvalue weighted by molar-refractivity contribution is 7.12. The van der Waals surface area contributed by atoms with Gasteiger partial charge in [0.25, 0.3) is 0 Å². The molecule has 0 aliphatic heterocycles. The molecule has 0 saturated heterocycles. The fourth-order valence-electron chi connectivity index (χ4n) is 1.58. The van der Waals surface area contributed by atoms with Crippen LogP contribution in [0.4, 0.5) is 17.3 Å². The fraction of sp³-hybridized carbons (Fsp3) is 0.273. The minimum atomic E-state index is -0.580. The van der Waals surface area contributed by atoms with Gasteiger partial charge in [0.1, 0.15) is 6.33 Å². The number of aromatic nitrogens is 2. The van der Waals surface area contributed by atoms with Crippen molar-refractivity contribution in [3.8, 4) is 0 Å². The second kappa shape index (κ2) is 5.61. The summed E-state index contributed by atoms with van der Waals surface area (Å²) in [6, 6.07) is 4.04. The summed E-state index contributed by atoms with van der Waals surface area (Å²) in [7, 11) is 0. The van der Waals surface area contributed by atoms with Crippen LogP contribution < -0.4 is 11.1 Å². The number of anilines is 2.